The first kappa shape index (κ1) is 11.4. The third kappa shape index (κ3) is 1.95. The number of fused-ring (bicyclic) bond motifs is 1. The number of nitrogens with zero attached hydrogens (tertiary/aromatic N) is 1. The summed E-state index contributed by atoms with van der Waals surface area (Å²) in [7, 11) is 0. The Morgan fingerprint density at radius 3 is 2.63 bits per heavy atom. The average molecular weight is 254 g/mol. The second kappa shape index (κ2) is 4.20. The smallest absolute Gasteiger partial charge is 0.138 e. The van der Waals surface area contributed by atoms with Gasteiger partial charge in [0.2, 0.25) is 0 Å². The molecule has 5 heteroatoms. The highest BCUT2D eigenvalue weighted by Crippen LogP contribution is 2.25. The number of nitrogens with one attached hydrogen (secondary N) is 2. The van der Waals surface area contributed by atoms with E-state index >= 15 is 0 Å². The van der Waals surface area contributed by atoms with E-state index in [-0.39, 0.29) is 11.7 Å². The molecule has 0 saturated carbocycles. The van der Waals surface area contributed by atoms with Gasteiger partial charge < -0.3 is 10.7 Å². The quantitative estimate of drug-likeness (QED) is 0.485. The van der Waals surface area contributed by atoms with Crippen molar-refractivity contribution in [3.05, 3.63) is 54.0 Å². The summed E-state index contributed by atoms with van der Waals surface area (Å²) in [4.78, 5) is 7.35. The predicted molar refractivity (Wildman–Crippen MR) is 72.5 cm³/mol. The number of benzene rings is 1. The number of rotatable bonds is 2. The largest absolute Gasteiger partial charge is 0.384 e. The second-order valence-corrected chi connectivity index (χ2v) is 4.22. The van der Waals surface area contributed by atoms with Gasteiger partial charge in [0.05, 0.1) is 0 Å². The van der Waals surface area contributed by atoms with E-state index in [2.05, 4.69) is 9.97 Å². The molecule has 3 rings (SSSR count). The highest BCUT2D eigenvalue weighted by atomic mass is 19.1. The Bertz CT molecular complexity index is 759. The van der Waals surface area contributed by atoms with Crippen molar-refractivity contribution in [2.75, 3.05) is 0 Å². The highest BCUT2D eigenvalue weighted by Gasteiger charge is 2.09. The lowest BCUT2D eigenvalue weighted by Crippen LogP contribution is -2.11. The lowest BCUT2D eigenvalue weighted by atomic mass is 10.1. The average Bonchev–Trinajstić information content (AvgIpc) is 2.82. The molecule has 0 saturated heterocycles. The van der Waals surface area contributed by atoms with Crippen molar-refractivity contribution in [1.29, 1.82) is 5.41 Å². The van der Waals surface area contributed by atoms with Gasteiger partial charge in [-0.1, -0.05) is 0 Å². The van der Waals surface area contributed by atoms with E-state index < -0.39 is 0 Å². The summed E-state index contributed by atoms with van der Waals surface area (Å²) in [5, 5.41) is 8.33. The van der Waals surface area contributed by atoms with Gasteiger partial charge in [0.25, 0.3) is 0 Å². The number of halogens is 1. The van der Waals surface area contributed by atoms with Crippen LogP contribution >= 0.6 is 0 Å². The third-order valence-corrected chi connectivity index (χ3v) is 2.98. The molecule has 0 aliphatic rings. The van der Waals surface area contributed by atoms with E-state index in [4.69, 9.17) is 11.1 Å². The zero-order chi connectivity index (χ0) is 13.4. The van der Waals surface area contributed by atoms with Crippen LogP contribution in [0.2, 0.25) is 0 Å². The van der Waals surface area contributed by atoms with Crippen LogP contribution in [-0.2, 0) is 0 Å². The molecule has 0 amide bonds. The Morgan fingerprint density at radius 2 is 1.95 bits per heavy atom. The Kier molecular flexibility index (Phi) is 2.52. The molecule has 4 nitrogen and oxygen atoms in total. The topological polar surface area (TPSA) is 78.6 Å². The number of hydrogen-bond acceptors (Lipinski definition) is 2. The van der Waals surface area contributed by atoms with Gasteiger partial charge in [-0.3, -0.25) is 5.41 Å². The Morgan fingerprint density at radius 1 is 1.21 bits per heavy atom. The van der Waals surface area contributed by atoms with Crippen LogP contribution in [0, 0.1) is 11.2 Å². The number of nitrogen functional groups attached to an aromatic ring is 1. The molecule has 0 aliphatic carbocycles. The molecule has 0 atom stereocenters. The molecule has 2 aromatic heterocycles. The van der Waals surface area contributed by atoms with Gasteiger partial charge in [-0.05, 0) is 42.0 Å². The van der Waals surface area contributed by atoms with Crippen molar-refractivity contribution in [2.24, 2.45) is 5.73 Å². The van der Waals surface area contributed by atoms with Crippen molar-refractivity contribution in [1.82, 2.24) is 9.97 Å². The molecule has 1 aromatic carbocycles. The lowest BCUT2D eigenvalue weighted by molar-refractivity contribution is 0.628. The van der Waals surface area contributed by atoms with Crippen molar-refractivity contribution in [3.63, 3.8) is 0 Å². The maximum Gasteiger partial charge on any atom is 0.138 e. The van der Waals surface area contributed by atoms with Crippen molar-refractivity contribution in [3.8, 4) is 11.3 Å². The van der Waals surface area contributed by atoms with Crippen LogP contribution in [0.25, 0.3) is 22.3 Å². The molecular formula is C14H11FN4. The van der Waals surface area contributed by atoms with Crippen LogP contribution in [0.1, 0.15) is 5.56 Å². The fraction of sp³-hybridized carbons (Fsp3) is 0. The van der Waals surface area contributed by atoms with Crippen molar-refractivity contribution >= 4 is 16.9 Å². The first-order valence-corrected chi connectivity index (χ1v) is 5.73. The fourth-order valence-corrected chi connectivity index (χ4v) is 2.05. The minimum Gasteiger partial charge on any atom is -0.384 e. The van der Waals surface area contributed by atoms with Crippen molar-refractivity contribution in [2.45, 2.75) is 0 Å². The monoisotopic (exact) mass is 254 g/mol. The van der Waals surface area contributed by atoms with Gasteiger partial charge in [-0.25, -0.2) is 9.37 Å². The fourth-order valence-electron chi connectivity index (χ4n) is 2.05. The summed E-state index contributed by atoms with van der Waals surface area (Å²) >= 11 is 0. The van der Waals surface area contributed by atoms with Crippen LogP contribution in [0.3, 0.4) is 0 Å². The molecule has 2 heterocycles. The molecule has 0 unspecified atom stereocenters. The zero-order valence-electron chi connectivity index (χ0n) is 9.94. The molecule has 4 N–H and O–H groups in total. The standard InChI is InChI=1S/C14H11FN4/c15-9-3-1-8(2-4-9)12-7-11-10(13(16)17)5-6-18-14(11)19-12/h1-7H,(H3,16,17)(H,18,19). The summed E-state index contributed by atoms with van der Waals surface area (Å²) < 4.78 is 12.9. The number of hydrogen-bond donors (Lipinski definition) is 3. The minimum atomic E-state index is -0.276. The molecule has 94 valence electrons. The normalized spacial score (nSPS) is 10.8. The van der Waals surface area contributed by atoms with E-state index in [1.807, 2.05) is 6.07 Å². The third-order valence-electron chi connectivity index (χ3n) is 2.98. The van der Waals surface area contributed by atoms with Gasteiger partial charge in [-0.2, -0.15) is 0 Å². The van der Waals surface area contributed by atoms with E-state index in [0.717, 1.165) is 16.6 Å². The molecule has 0 bridgehead atoms. The lowest BCUT2D eigenvalue weighted by Gasteiger charge is -1.97. The first-order chi connectivity index (χ1) is 9.15. The number of pyridine rings is 1. The number of H-pyrrole nitrogens is 1. The molecular weight excluding hydrogens is 243 g/mol. The molecule has 0 fully saturated rings. The van der Waals surface area contributed by atoms with Crippen LogP contribution in [0.5, 0.6) is 0 Å². The Balaban J connectivity index is 2.19. The van der Waals surface area contributed by atoms with Crippen LogP contribution < -0.4 is 5.73 Å². The maximum atomic E-state index is 12.9. The minimum absolute atomic E-state index is 0.00273. The van der Waals surface area contributed by atoms with Crippen molar-refractivity contribution < 1.29 is 4.39 Å². The molecule has 0 radical (unpaired) electrons. The summed E-state index contributed by atoms with van der Waals surface area (Å²) in [6.07, 6.45) is 1.60. The van der Waals surface area contributed by atoms with Gasteiger partial charge >= 0.3 is 0 Å². The second-order valence-electron chi connectivity index (χ2n) is 4.22. The van der Waals surface area contributed by atoms with E-state index in [1.54, 1.807) is 24.4 Å². The number of aromatic nitrogens is 2. The Hall–Kier alpha value is -2.69. The molecule has 19 heavy (non-hydrogen) atoms. The number of aromatic amines is 1. The van der Waals surface area contributed by atoms with Gasteiger partial charge in [0.1, 0.15) is 17.3 Å². The summed E-state index contributed by atoms with van der Waals surface area (Å²) in [6, 6.07) is 9.75. The van der Waals surface area contributed by atoms with Crippen LogP contribution in [0.4, 0.5) is 4.39 Å². The van der Waals surface area contributed by atoms with E-state index in [1.165, 1.54) is 12.1 Å². The highest BCUT2D eigenvalue weighted by molar-refractivity contribution is 6.07. The van der Waals surface area contributed by atoms with Gasteiger partial charge in [0, 0.05) is 22.8 Å². The van der Waals surface area contributed by atoms with Gasteiger partial charge in [0.15, 0.2) is 0 Å². The zero-order valence-corrected chi connectivity index (χ0v) is 9.94. The molecule has 0 aliphatic heterocycles. The summed E-state index contributed by atoms with van der Waals surface area (Å²) in [5.74, 6) is -0.278. The van der Waals surface area contributed by atoms with E-state index in [0.29, 0.717) is 11.2 Å². The summed E-state index contributed by atoms with van der Waals surface area (Å²) in [6.45, 7) is 0. The van der Waals surface area contributed by atoms with Gasteiger partial charge in [-0.15, -0.1) is 0 Å². The van der Waals surface area contributed by atoms with E-state index in [9.17, 15) is 4.39 Å². The maximum absolute atomic E-state index is 12.9. The number of amidine groups is 1. The molecule has 3 aromatic rings. The van der Waals surface area contributed by atoms with Crippen LogP contribution in [0.15, 0.2) is 42.6 Å². The summed E-state index contributed by atoms with van der Waals surface area (Å²) in [5.41, 5.74) is 8.50. The Labute approximate surface area is 108 Å². The predicted octanol–water partition coefficient (Wildman–Crippen LogP) is 2.65. The number of nitrogens with two attached hydrogens (primary N) is 1. The van der Waals surface area contributed by atoms with Crippen LogP contribution in [-0.4, -0.2) is 15.8 Å². The molecule has 0 spiro atoms. The SMILES string of the molecule is N=C(N)c1ccnc2[nH]c(-c3ccc(F)cc3)cc12. The first-order valence-electron chi connectivity index (χ1n) is 5.73.